The molecule has 2 aromatic rings. The van der Waals surface area contributed by atoms with Gasteiger partial charge in [-0.2, -0.15) is 0 Å². The molecule has 0 unspecified atom stereocenters. The summed E-state index contributed by atoms with van der Waals surface area (Å²) in [5.41, 5.74) is 1.45. The molecule has 6 heteroatoms. The van der Waals surface area contributed by atoms with Crippen molar-refractivity contribution in [3.05, 3.63) is 72.1 Å². The number of pyridine rings is 1. The molecule has 0 bridgehead atoms. The van der Waals surface area contributed by atoms with Gasteiger partial charge in [-0.25, -0.2) is 0 Å². The largest absolute Gasteiger partial charge is 0.349 e. The van der Waals surface area contributed by atoms with Crippen molar-refractivity contribution in [3.8, 4) is 0 Å². The van der Waals surface area contributed by atoms with Crippen LogP contribution in [0.5, 0.6) is 0 Å². The van der Waals surface area contributed by atoms with Crippen molar-refractivity contribution in [1.82, 2.24) is 20.1 Å². The van der Waals surface area contributed by atoms with Crippen LogP contribution in [0.2, 0.25) is 0 Å². The van der Waals surface area contributed by atoms with Crippen molar-refractivity contribution >= 4 is 17.9 Å². The summed E-state index contributed by atoms with van der Waals surface area (Å²) in [6.07, 6.45) is 5.09. The lowest BCUT2D eigenvalue weighted by Gasteiger charge is -2.34. The van der Waals surface area contributed by atoms with E-state index in [1.54, 1.807) is 30.5 Å². The predicted molar refractivity (Wildman–Crippen MR) is 105 cm³/mol. The minimum Gasteiger partial charge on any atom is -0.349 e. The first-order valence-electron chi connectivity index (χ1n) is 9.16. The number of rotatable bonds is 6. The SMILES string of the molecule is O=C(NCCN1CCN(C(=O)C=Cc2ccccc2)CC1)c1ccccn1. The van der Waals surface area contributed by atoms with Gasteiger partial charge in [0.25, 0.3) is 5.91 Å². The summed E-state index contributed by atoms with van der Waals surface area (Å²) in [4.78, 5) is 32.4. The number of aromatic nitrogens is 1. The lowest BCUT2D eigenvalue weighted by molar-refractivity contribution is -0.127. The van der Waals surface area contributed by atoms with Crippen LogP contribution in [0, 0.1) is 0 Å². The van der Waals surface area contributed by atoms with Crippen LogP contribution >= 0.6 is 0 Å². The van der Waals surface area contributed by atoms with Crippen molar-refractivity contribution < 1.29 is 9.59 Å². The van der Waals surface area contributed by atoms with Gasteiger partial charge in [0.2, 0.25) is 5.91 Å². The van der Waals surface area contributed by atoms with E-state index in [2.05, 4.69) is 15.2 Å². The van der Waals surface area contributed by atoms with Crippen LogP contribution in [-0.2, 0) is 4.79 Å². The van der Waals surface area contributed by atoms with E-state index < -0.39 is 0 Å². The number of carbonyl (C=O) groups is 2. The Balaban J connectivity index is 1.37. The van der Waals surface area contributed by atoms with Crippen LogP contribution in [0.3, 0.4) is 0 Å². The van der Waals surface area contributed by atoms with Crippen molar-refractivity contribution in [2.45, 2.75) is 0 Å². The topological polar surface area (TPSA) is 65.5 Å². The van der Waals surface area contributed by atoms with Crippen molar-refractivity contribution in [2.24, 2.45) is 0 Å². The zero-order valence-corrected chi connectivity index (χ0v) is 15.3. The molecule has 1 aromatic heterocycles. The first kappa shape index (κ1) is 18.8. The quantitative estimate of drug-likeness (QED) is 0.792. The fraction of sp³-hybridized carbons (Fsp3) is 0.286. The lowest BCUT2D eigenvalue weighted by atomic mass is 10.2. The Morgan fingerprint density at radius 2 is 1.74 bits per heavy atom. The molecular weight excluding hydrogens is 340 g/mol. The molecular formula is C21H24N4O2. The fourth-order valence-electron chi connectivity index (χ4n) is 2.94. The summed E-state index contributed by atoms with van der Waals surface area (Å²) in [6, 6.07) is 15.1. The molecule has 3 rings (SSSR count). The Hall–Kier alpha value is -2.99. The van der Waals surface area contributed by atoms with E-state index in [0.29, 0.717) is 25.3 Å². The average molecular weight is 364 g/mol. The molecule has 1 aliphatic rings. The lowest BCUT2D eigenvalue weighted by Crippen LogP contribution is -2.49. The first-order valence-corrected chi connectivity index (χ1v) is 9.16. The summed E-state index contributed by atoms with van der Waals surface area (Å²) in [5.74, 6) is -0.113. The third kappa shape index (κ3) is 5.76. The molecule has 0 atom stereocenters. The summed E-state index contributed by atoms with van der Waals surface area (Å²) in [7, 11) is 0. The van der Waals surface area contributed by atoms with Crippen LogP contribution < -0.4 is 5.32 Å². The number of nitrogens with zero attached hydrogens (tertiary/aromatic N) is 3. The minimum absolute atomic E-state index is 0.0435. The highest BCUT2D eigenvalue weighted by Crippen LogP contribution is 2.05. The van der Waals surface area contributed by atoms with E-state index in [0.717, 1.165) is 25.2 Å². The highest BCUT2D eigenvalue weighted by atomic mass is 16.2. The summed E-state index contributed by atoms with van der Waals surface area (Å²) >= 11 is 0. The molecule has 2 heterocycles. The molecule has 6 nitrogen and oxygen atoms in total. The normalized spacial score (nSPS) is 15.0. The minimum atomic E-state index is -0.157. The third-order valence-electron chi connectivity index (χ3n) is 4.51. The van der Waals surface area contributed by atoms with Gasteiger partial charge in [-0.05, 0) is 23.8 Å². The van der Waals surface area contributed by atoms with Gasteiger partial charge in [0.15, 0.2) is 0 Å². The van der Waals surface area contributed by atoms with Gasteiger partial charge in [-0.1, -0.05) is 36.4 Å². The number of benzene rings is 1. The van der Waals surface area contributed by atoms with Gasteiger partial charge in [0.1, 0.15) is 5.69 Å². The van der Waals surface area contributed by atoms with Crippen molar-refractivity contribution in [2.75, 3.05) is 39.3 Å². The van der Waals surface area contributed by atoms with E-state index in [9.17, 15) is 9.59 Å². The van der Waals surface area contributed by atoms with Gasteiger partial charge in [0, 0.05) is 51.5 Å². The highest BCUT2D eigenvalue weighted by Gasteiger charge is 2.19. The van der Waals surface area contributed by atoms with Crippen LogP contribution in [0.1, 0.15) is 16.1 Å². The maximum atomic E-state index is 12.3. The molecule has 0 aliphatic carbocycles. The predicted octanol–water partition coefficient (Wildman–Crippen LogP) is 1.67. The molecule has 1 saturated heterocycles. The molecule has 0 spiro atoms. The zero-order valence-electron chi connectivity index (χ0n) is 15.3. The first-order chi connectivity index (χ1) is 13.2. The fourth-order valence-corrected chi connectivity index (χ4v) is 2.94. The Kier molecular flexibility index (Phi) is 6.71. The second kappa shape index (κ2) is 9.64. The molecule has 0 radical (unpaired) electrons. The average Bonchev–Trinajstić information content (AvgIpc) is 2.74. The maximum Gasteiger partial charge on any atom is 0.269 e. The second-order valence-electron chi connectivity index (χ2n) is 6.38. The monoisotopic (exact) mass is 364 g/mol. The van der Waals surface area contributed by atoms with Gasteiger partial charge in [-0.15, -0.1) is 0 Å². The van der Waals surface area contributed by atoms with Crippen LogP contribution in [0.15, 0.2) is 60.8 Å². The van der Waals surface area contributed by atoms with Crippen LogP contribution in [0.4, 0.5) is 0 Å². The van der Waals surface area contributed by atoms with Crippen LogP contribution in [0.25, 0.3) is 6.08 Å². The van der Waals surface area contributed by atoms with E-state index in [-0.39, 0.29) is 11.8 Å². The highest BCUT2D eigenvalue weighted by molar-refractivity contribution is 5.92. The summed E-state index contributed by atoms with van der Waals surface area (Å²) < 4.78 is 0. The van der Waals surface area contributed by atoms with Gasteiger partial charge in [-0.3, -0.25) is 19.5 Å². The summed E-state index contributed by atoms with van der Waals surface area (Å²) in [6.45, 7) is 4.35. The van der Waals surface area contributed by atoms with E-state index in [1.165, 1.54) is 0 Å². The number of hydrogen-bond donors (Lipinski definition) is 1. The Morgan fingerprint density at radius 1 is 1.00 bits per heavy atom. The van der Waals surface area contributed by atoms with E-state index in [1.807, 2.05) is 41.3 Å². The van der Waals surface area contributed by atoms with E-state index >= 15 is 0 Å². The summed E-state index contributed by atoms with van der Waals surface area (Å²) in [5, 5.41) is 2.88. The molecule has 1 aliphatic heterocycles. The smallest absolute Gasteiger partial charge is 0.269 e. The van der Waals surface area contributed by atoms with Crippen LogP contribution in [-0.4, -0.2) is 65.9 Å². The van der Waals surface area contributed by atoms with Gasteiger partial charge >= 0.3 is 0 Å². The molecule has 2 amide bonds. The molecule has 27 heavy (non-hydrogen) atoms. The molecule has 1 aromatic carbocycles. The Bertz CT molecular complexity index is 769. The number of carbonyl (C=O) groups excluding carboxylic acids is 2. The number of piperazine rings is 1. The number of nitrogens with one attached hydrogen (secondary N) is 1. The molecule has 1 N–H and O–H groups in total. The van der Waals surface area contributed by atoms with Crippen molar-refractivity contribution in [1.29, 1.82) is 0 Å². The maximum absolute atomic E-state index is 12.3. The third-order valence-corrected chi connectivity index (χ3v) is 4.51. The molecule has 140 valence electrons. The number of hydrogen-bond acceptors (Lipinski definition) is 4. The molecule has 1 fully saturated rings. The van der Waals surface area contributed by atoms with Crippen molar-refractivity contribution in [3.63, 3.8) is 0 Å². The molecule has 0 saturated carbocycles. The number of amides is 2. The Labute approximate surface area is 159 Å². The Morgan fingerprint density at radius 3 is 2.44 bits per heavy atom. The van der Waals surface area contributed by atoms with Gasteiger partial charge in [0.05, 0.1) is 0 Å². The standard InChI is InChI=1S/C21H24N4O2/c26-20(10-9-18-6-2-1-3-7-18)25-16-14-24(15-17-25)13-12-23-21(27)19-8-4-5-11-22-19/h1-11H,12-17H2,(H,23,27). The zero-order chi connectivity index (χ0) is 18.9. The second-order valence-corrected chi connectivity index (χ2v) is 6.38. The van der Waals surface area contributed by atoms with E-state index in [4.69, 9.17) is 0 Å². The van der Waals surface area contributed by atoms with Gasteiger partial charge < -0.3 is 10.2 Å².